The van der Waals surface area contributed by atoms with E-state index < -0.39 is 15.1 Å². The molecule has 0 unspecified atom stereocenters. The molecule has 0 aliphatic rings. The van der Waals surface area contributed by atoms with Crippen LogP contribution in [-0.2, 0) is 0 Å². The normalized spacial score (nSPS) is 17.0. The molecule has 1 aromatic carbocycles. The second-order valence-electron chi connectivity index (χ2n) is 3.91. The minimum atomic E-state index is -9.60. The van der Waals surface area contributed by atoms with E-state index in [4.69, 9.17) is 5.73 Å². The summed E-state index contributed by atoms with van der Waals surface area (Å²) in [6, 6.07) is 1.68. The summed E-state index contributed by atoms with van der Waals surface area (Å²) < 4.78 is 62.0. The van der Waals surface area contributed by atoms with Crippen molar-refractivity contribution in [3.05, 3.63) is 23.8 Å². The second kappa shape index (κ2) is 2.82. The summed E-state index contributed by atoms with van der Waals surface area (Å²) >= 11 is 0. The SMILES string of the molecule is CC(C)c1ccc(S(F)(F)(F)(F)F)cc1N. The summed E-state index contributed by atoms with van der Waals surface area (Å²) in [7, 11) is -9.60. The first-order valence-corrected chi connectivity index (χ1v) is 6.40. The average molecular weight is 261 g/mol. The van der Waals surface area contributed by atoms with Gasteiger partial charge in [-0.15, -0.1) is 0 Å². The van der Waals surface area contributed by atoms with E-state index in [1.54, 1.807) is 13.8 Å². The van der Waals surface area contributed by atoms with E-state index in [-0.39, 0.29) is 11.6 Å². The molecule has 0 bridgehead atoms. The van der Waals surface area contributed by atoms with Crippen molar-refractivity contribution in [2.45, 2.75) is 24.7 Å². The number of hydrogen-bond donors (Lipinski definition) is 1. The Hall–Kier alpha value is -0.980. The maximum atomic E-state index is 12.4. The first-order chi connectivity index (χ1) is 6.81. The number of benzene rings is 1. The molecule has 0 heterocycles. The minimum absolute atomic E-state index is 0.118. The topological polar surface area (TPSA) is 26.0 Å². The van der Waals surface area contributed by atoms with Crippen molar-refractivity contribution in [3.8, 4) is 0 Å². The van der Waals surface area contributed by atoms with Crippen molar-refractivity contribution in [2.75, 3.05) is 5.73 Å². The Bertz CT molecular complexity index is 422. The third-order valence-corrected chi connectivity index (χ3v) is 3.27. The number of anilines is 1. The maximum absolute atomic E-state index is 12.4. The molecule has 0 saturated carbocycles. The highest BCUT2D eigenvalue weighted by atomic mass is 32.5. The van der Waals surface area contributed by atoms with Gasteiger partial charge in [0.1, 0.15) is 4.90 Å². The molecule has 0 radical (unpaired) electrons. The zero-order valence-corrected chi connectivity index (χ0v) is 9.50. The number of nitrogens with two attached hydrogens (primary N) is 1. The monoisotopic (exact) mass is 261 g/mol. The van der Waals surface area contributed by atoms with E-state index in [0.717, 1.165) is 6.07 Å². The lowest BCUT2D eigenvalue weighted by molar-refractivity contribution is 0.364. The lowest BCUT2D eigenvalue weighted by Crippen LogP contribution is -2.08. The van der Waals surface area contributed by atoms with Crippen molar-refractivity contribution >= 4 is 15.9 Å². The summed E-state index contributed by atoms with van der Waals surface area (Å²) in [6.07, 6.45) is 0. The van der Waals surface area contributed by atoms with Gasteiger partial charge in [0.2, 0.25) is 0 Å². The zero-order valence-electron chi connectivity index (χ0n) is 8.68. The molecule has 0 spiro atoms. The molecule has 94 valence electrons. The molecule has 0 atom stereocenters. The van der Waals surface area contributed by atoms with Crippen LogP contribution in [0.4, 0.5) is 25.1 Å². The lowest BCUT2D eigenvalue weighted by Gasteiger charge is -2.40. The van der Waals surface area contributed by atoms with Crippen LogP contribution in [0.5, 0.6) is 0 Å². The van der Waals surface area contributed by atoms with Crippen LogP contribution in [0.1, 0.15) is 25.3 Å². The van der Waals surface area contributed by atoms with E-state index >= 15 is 0 Å². The molecule has 0 aromatic heterocycles. The smallest absolute Gasteiger partial charge is 0.310 e. The molecule has 0 fully saturated rings. The minimum Gasteiger partial charge on any atom is -0.398 e. The first-order valence-electron chi connectivity index (χ1n) is 4.45. The highest BCUT2D eigenvalue weighted by molar-refractivity contribution is 8.45. The fourth-order valence-electron chi connectivity index (χ4n) is 1.32. The third-order valence-electron chi connectivity index (χ3n) is 2.13. The molecular weight excluding hydrogens is 249 g/mol. The van der Waals surface area contributed by atoms with E-state index in [1.165, 1.54) is 0 Å². The van der Waals surface area contributed by atoms with E-state index in [9.17, 15) is 19.4 Å². The molecule has 1 rings (SSSR count). The fraction of sp³-hybridized carbons (Fsp3) is 0.333. The van der Waals surface area contributed by atoms with Crippen LogP contribution in [0, 0.1) is 0 Å². The number of nitrogen functional groups attached to an aromatic ring is 1. The van der Waals surface area contributed by atoms with Gasteiger partial charge in [-0.2, -0.15) is 0 Å². The third kappa shape index (κ3) is 2.78. The highest BCUT2D eigenvalue weighted by Gasteiger charge is 2.65. The van der Waals surface area contributed by atoms with Crippen LogP contribution in [0.15, 0.2) is 23.1 Å². The van der Waals surface area contributed by atoms with Gasteiger partial charge in [0.25, 0.3) is 0 Å². The van der Waals surface area contributed by atoms with Gasteiger partial charge in [-0.3, -0.25) is 0 Å². The Morgan fingerprint density at radius 2 is 1.56 bits per heavy atom. The summed E-state index contributed by atoms with van der Waals surface area (Å²) in [4.78, 5) is -1.94. The lowest BCUT2D eigenvalue weighted by atomic mass is 10.0. The largest absolute Gasteiger partial charge is 0.398 e. The van der Waals surface area contributed by atoms with Crippen molar-refractivity contribution < 1.29 is 19.4 Å². The molecular formula is C9H12F5NS. The van der Waals surface area contributed by atoms with Gasteiger partial charge >= 0.3 is 10.2 Å². The van der Waals surface area contributed by atoms with Crippen molar-refractivity contribution in [3.63, 3.8) is 0 Å². The Morgan fingerprint density at radius 1 is 1.06 bits per heavy atom. The van der Waals surface area contributed by atoms with Gasteiger partial charge in [-0.05, 0) is 23.6 Å². The Labute approximate surface area is 90.2 Å². The van der Waals surface area contributed by atoms with Crippen molar-refractivity contribution in [1.82, 2.24) is 0 Å². The standard InChI is InChI=1S/C9H12F5NS/c1-6(2)8-4-3-7(5-9(8)15)16(10,11,12,13)14/h3-6H,15H2,1-2H3. The quantitative estimate of drug-likeness (QED) is 0.585. The van der Waals surface area contributed by atoms with Crippen LogP contribution in [0.25, 0.3) is 0 Å². The Kier molecular flexibility index (Phi) is 2.31. The molecule has 2 N–H and O–H groups in total. The molecule has 7 heteroatoms. The van der Waals surface area contributed by atoms with Crippen LogP contribution < -0.4 is 5.73 Å². The summed E-state index contributed by atoms with van der Waals surface area (Å²) in [5.41, 5.74) is 5.48. The van der Waals surface area contributed by atoms with Crippen molar-refractivity contribution in [1.29, 1.82) is 0 Å². The van der Waals surface area contributed by atoms with Gasteiger partial charge in [0.15, 0.2) is 0 Å². The molecule has 0 saturated heterocycles. The van der Waals surface area contributed by atoms with Gasteiger partial charge < -0.3 is 5.73 Å². The van der Waals surface area contributed by atoms with Gasteiger partial charge in [-0.1, -0.05) is 39.3 Å². The summed E-state index contributed by atoms with van der Waals surface area (Å²) in [5.74, 6) is -0.118. The fourth-order valence-corrected chi connectivity index (χ4v) is 1.99. The highest BCUT2D eigenvalue weighted by Crippen LogP contribution is 3.02. The Morgan fingerprint density at radius 3 is 1.88 bits per heavy atom. The molecule has 1 nitrogen and oxygen atoms in total. The second-order valence-corrected chi connectivity index (χ2v) is 6.32. The predicted molar refractivity (Wildman–Crippen MR) is 56.3 cm³/mol. The molecule has 16 heavy (non-hydrogen) atoms. The van der Waals surface area contributed by atoms with E-state index in [0.29, 0.717) is 17.7 Å². The van der Waals surface area contributed by atoms with Gasteiger partial charge in [0, 0.05) is 5.69 Å². The summed E-state index contributed by atoms with van der Waals surface area (Å²) in [5, 5.41) is 0. The van der Waals surface area contributed by atoms with Crippen LogP contribution in [-0.4, -0.2) is 0 Å². The molecule has 0 amide bonds. The molecule has 0 aliphatic carbocycles. The molecule has 0 aliphatic heterocycles. The van der Waals surface area contributed by atoms with Crippen LogP contribution >= 0.6 is 10.2 Å². The predicted octanol–water partition coefficient (Wildman–Crippen LogP) is 5.05. The number of halogens is 5. The Balaban J connectivity index is 3.40. The van der Waals surface area contributed by atoms with Crippen molar-refractivity contribution in [2.24, 2.45) is 0 Å². The van der Waals surface area contributed by atoms with E-state index in [2.05, 4.69) is 0 Å². The first kappa shape index (κ1) is 13.1. The number of rotatable bonds is 2. The van der Waals surface area contributed by atoms with Gasteiger partial charge in [-0.25, -0.2) is 0 Å². The zero-order chi connectivity index (χ0) is 12.8. The van der Waals surface area contributed by atoms with Gasteiger partial charge in [0.05, 0.1) is 0 Å². The maximum Gasteiger partial charge on any atom is 0.310 e. The molecule has 1 aromatic rings. The van der Waals surface area contributed by atoms with Crippen LogP contribution in [0.3, 0.4) is 0 Å². The average Bonchev–Trinajstić information content (AvgIpc) is 1.98. The number of hydrogen-bond acceptors (Lipinski definition) is 1. The van der Waals surface area contributed by atoms with Crippen LogP contribution in [0.2, 0.25) is 0 Å². The van der Waals surface area contributed by atoms with E-state index in [1.807, 2.05) is 0 Å². The summed E-state index contributed by atoms with van der Waals surface area (Å²) in [6.45, 7) is 3.43.